The normalized spacial score (nSPS) is 14.9. The Kier molecular flexibility index (Phi) is 3.76. The Hall–Kier alpha value is -3.09. The zero-order chi connectivity index (χ0) is 17.4. The van der Waals surface area contributed by atoms with Gasteiger partial charge in [-0.2, -0.15) is 5.10 Å². The van der Waals surface area contributed by atoms with Crippen LogP contribution in [0.15, 0.2) is 47.5 Å². The maximum Gasteiger partial charge on any atom is 0.268 e. The monoisotopic (exact) mass is 337 g/mol. The van der Waals surface area contributed by atoms with E-state index >= 15 is 0 Å². The van der Waals surface area contributed by atoms with Gasteiger partial charge in [0.25, 0.3) is 11.5 Å². The lowest BCUT2D eigenvalue weighted by Gasteiger charge is -2.35. The number of nitrogens with one attached hydrogen (secondary N) is 1. The Morgan fingerprint density at radius 2 is 1.92 bits per heavy atom. The lowest BCUT2D eigenvalue weighted by atomic mass is 10.1. The Morgan fingerprint density at radius 3 is 2.68 bits per heavy atom. The molecule has 7 nitrogen and oxygen atoms in total. The highest BCUT2D eigenvalue weighted by molar-refractivity contribution is 5.98. The van der Waals surface area contributed by atoms with E-state index in [1.807, 2.05) is 35.4 Å². The van der Waals surface area contributed by atoms with Crippen molar-refractivity contribution < 1.29 is 4.79 Å². The highest BCUT2D eigenvalue weighted by Crippen LogP contribution is 2.18. The fourth-order valence-corrected chi connectivity index (χ4v) is 3.16. The number of nitrogens with zero attached hydrogens (tertiary/aromatic N) is 4. The second-order valence-corrected chi connectivity index (χ2v) is 6.23. The molecule has 0 atom stereocenters. The summed E-state index contributed by atoms with van der Waals surface area (Å²) in [6, 6.07) is 9.30. The number of carbonyl (C=O) groups excluding carboxylic acids is 1. The van der Waals surface area contributed by atoms with Gasteiger partial charge in [0.05, 0.1) is 11.9 Å². The first-order valence-corrected chi connectivity index (χ1v) is 8.26. The van der Waals surface area contributed by atoms with Crippen molar-refractivity contribution in [1.82, 2.24) is 19.7 Å². The van der Waals surface area contributed by atoms with Gasteiger partial charge in [0, 0.05) is 56.6 Å². The molecule has 1 saturated heterocycles. The Morgan fingerprint density at radius 1 is 1.12 bits per heavy atom. The van der Waals surface area contributed by atoms with Gasteiger partial charge in [-0.15, -0.1) is 0 Å². The number of carbonyl (C=O) groups is 1. The van der Waals surface area contributed by atoms with Crippen molar-refractivity contribution in [1.29, 1.82) is 0 Å². The number of aromatic nitrogens is 3. The van der Waals surface area contributed by atoms with Crippen molar-refractivity contribution in [2.45, 2.75) is 0 Å². The third kappa shape index (κ3) is 2.88. The van der Waals surface area contributed by atoms with Crippen LogP contribution in [0.2, 0.25) is 0 Å². The van der Waals surface area contributed by atoms with Crippen molar-refractivity contribution in [2.24, 2.45) is 7.05 Å². The molecule has 0 aliphatic carbocycles. The molecule has 1 N–H and O–H groups in total. The predicted octanol–water partition coefficient (Wildman–Crippen LogP) is 1.22. The van der Waals surface area contributed by atoms with Crippen LogP contribution < -0.4 is 10.5 Å². The van der Waals surface area contributed by atoms with Gasteiger partial charge in [-0.3, -0.25) is 9.59 Å². The number of benzene rings is 1. The smallest absolute Gasteiger partial charge is 0.268 e. The number of hydrogen-bond acceptors (Lipinski definition) is 4. The molecule has 1 fully saturated rings. The van der Waals surface area contributed by atoms with Gasteiger partial charge in [0.15, 0.2) is 0 Å². The highest BCUT2D eigenvalue weighted by atomic mass is 16.2. The molecule has 1 aromatic carbocycles. The zero-order valence-corrected chi connectivity index (χ0v) is 14.0. The number of fused-ring (bicyclic) bond motifs is 1. The average Bonchev–Trinajstić information content (AvgIpc) is 3.11. The average molecular weight is 337 g/mol. The molecule has 7 heteroatoms. The molecule has 3 heterocycles. The molecule has 1 aliphatic rings. The molecular weight excluding hydrogens is 318 g/mol. The summed E-state index contributed by atoms with van der Waals surface area (Å²) in [5.41, 5.74) is 2.34. The van der Waals surface area contributed by atoms with Crippen LogP contribution in [0.4, 0.5) is 5.69 Å². The van der Waals surface area contributed by atoms with Crippen molar-refractivity contribution in [2.75, 3.05) is 31.1 Å². The van der Waals surface area contributed by atoms with Crippen LogP contribution in [-0.4, -0.2) is 51.8 Å². The number of rotatable bonds is 2. The minimum absolute atomic E-state index is 0.0400. The second-order valence-electron chi connectivity index (χ2n) is 6.23. The van der Waals surface area contributed by atoms with Gasteiger partial charge < -0.3 is 14.8 Å². The summed E-state index contributed by atoms with van der Waals surface area (Å²) in [5, 5.41) is 5.15. The maximum absolute atomic E-state index is 12.7. The quantitative estimate of drug-likeness (QED) is 0.763. The first kappa shape index (κ1) is 15.4. The summed E-state index contributed by atoms with van der Waals surface area (Å²) in [4.78, 5) is 31.6. The van der Waals surface area contributed by atoms with Gasteiger partial charge in [0.1, 0.15) is 0 Å². The van der Waals surface area contributed by atoms with E-state index in [2.05, 4.69) is 15.0 Å². The fraction of sp³-hybridized carbons (Fsp3) is 0.278. The number of H-pyrrole nitrogens is 1. The second kappa shape index (κ2) is 6.08. The lowest BCUT2D eigenvalue weighted by Crippen LogP contribution is -2.49. The Balaban J connectivity index is 1.46. The van der Waals surface area contributed by atoms with Crippen molar-refractivity contribution >= 4 is 22.5 Å². The summed E-state index contributed by atoms with van der Waals surface area (Å²) < 4.78 is 1.31. The summed E-state index contributed by atoms with van der Waals surface area (Å²) >= 11 is 0. The lowest BCUT2D eigenvalue weighted by molar-refractivity contribution is 0.0747. The van der Waals surface area contributed by atoms with Crippen LogP contribution in [-0.2, 0) is 7.05 Å². The molecule has 1 amide bonds. The Bertz CT molecular complexity index is 982. The molecule has 0 bridgehead atoms. The first-order chi connectivity index (χ1) is 12.1. The molecule has 4 rings (SSSR count). The van der Waals surface area contributed by atoms with Crippen LogP contribution in [0.1, 0.15) is 10.4 Å². The standard InChI is InChI=1S/C18H19N5O2/c1-21-17(24)11-15(12-20-21)22-6-8-23(9-7-22)18(25)14-3-2-13-4-5-19-16(13)10-14/h2-5,10-12,19H,6-9H2,1H3. The number of hydrogen-bond donors (Lipinski definition) is 1. The van der Waals surface area contributed by atoms with Crippen LogP contribution in [0.5, 0.6) is 0 Å². The highest BCUT2D eigenvalue weighted by Gasteiger charge is 2.23. The molecule has 1 aliphatic heterocycles. The van der Waals surface area contributed by atoms with E-state index in [-0.39, 0.29) is 11.5 Å². The van der Waals surface area contributed by atoms with Crippen LogP contribution in [0.3, 0.4) is 0 Å². The molecule has 0 unspecified atom stereocenters. The van der Waals surface area contributed by atoms with E-state index in [9.17, 15) is 9.59 Å². The van der Waals surface area contributed by atoms with E-state index in [1.165, 1.54) is 4.68 Å². The van der Waals surface area contributed by atoms with E-state index in [0.29, 0.717) is 31.7 Å². The van der Waals surface area contributed by atoms with Crippen LogP contribution >= 0.6 is 0 Å². The first-order valence-electron chi connectivity index (χ1n) is 8.26. The summed E-state index contributed by atoms with van der Waals surface area (Å²) in [5.74, 6) is 0.0400. The molecule has 0 spiro atoms. The third-order valence-corrected chi connectivity index (χ3v) is 4.69. The van der Waals surface area contributed by atoms with Gasteiger partial charge >= 0.3 is 0 Å². The van der Waals surface area contributed by atoms with E-state index in [1.54, 1.807) is 19.3 Å². The summed E-state index contributed by atoms with van der Waals surface area (Å²) in [7, 11) is 1.63. The Labute approximate surface area is 144 Å². The molecule has 0 radical (unpaired) electrons. The van der Waals surface area contributed by atoms with Crippen molar-refractivity contribution in [3.8, 4) is 0 Å². The van der Waals surface area contributed by atoms with Gasteiger partial charge in [0.2, 0.25) is 0 Å². The molecule has 25 heavy (non-hydrogen) atoms. The minimum atomic E-state index is -0.129. The van der Waals surface area contributed by atoms with Crippen molar-refractivity contribution in [3.05, 3.63) is 58.6 Å². The summed E-state index contributed by atoms with van der Waals surface area (Å²) in [6.07, 6.45) is 3.56. The minimum Gasteiger partial charge on any atom is -0.367 e. The third-order valence-electron chi connectivity index (χ3n) is 4.69. The number of aryl methyl sites for hydroxylation is 1. The van der Waals surface area contributed by atoms with Crippen LogP contribution in [0, 0.1) is 0 Å². The number of amides is 1. The predicted molar refractivity (Wildman–Crippen MR) is 95.9 cm³/mol. The number of anilines is 1. The SMILES string of the molecule is Cn1ncc(N2CCN(C(=O)c3ccc4cc[nH]c4c3)CC2)cc1=O. The van der Waals surface area contributed by atoms with E-state index in [4.69, 9.17) is 0 Å². The topological polar surface area (TPSA) is 74.2 Å². The zero-order valence-electron chi connectivity index (χ0n) is 14.0. The maximum atomic E-state index is 12.7. The fourth-order valence-electron chi connectivity index (χ4n) is 3.16. The van der Waals surface area contributed by atoms with Gasteiger partial charge in [-0.05, 0) is 23.6 Å². The molecule has 2 aromatic heterocycles. The molecule has 0 saturated carbocycles. The summed E-state index contributed by atoms with van der Waals surface area (Å²) in [6.45, 7) is 2.62. The number of piperazine rings is 1. The van der Waals surface area contributed by atoms with Crippen LogP contribution in [0.25, 0.3) is 10.9 Å². The van der Waals surface area contributed by atoms with E-state index in [0.717, 1.165) is 16.6 Å². The van der Waals surface area contributed by atoms with Gasteiger partial charge in [-0.25, -0.2) is 4.68 Å². The number of aromatic amines is 1. The largest absolute Gasteiger partial charge is 0.367 e. The molecular formula is C18H19N5O2. The van der Waals surface area contributed by atoms with Crippen molar-refractivity contribution in [3.63, 3.8) is 0 Å². The van der Waals surface area contributed by atoms with Gasteiger partial charge in [-0.1, -0.05) is 6.07 Å². The van der Waals surface area contributed by atoms with E-state index < -0.39 is 0 Å². The molecule has 3 aromatic rings. The molecule has 128 valence electrons.